The molecular weight excluding hydrogens is 1370 g/mol. The Morgan fingerprint density at radius 1 is 0.515 bits per heavy atom. The number of hydrogen-bond donors (Lipinski definition) is 23. The Morgan fingerprint density at radius 3 is 1.57 bits per heavy atom. The van der Waals surface area contributed by atoms with Crippen molar-refractivity contribution in [3.8, 4) is 5.75 Å². The zero-order valence-corrected chi connectivity index (χ0v) is 57.0. The summed E-state index contributed by atoms with van der Waals surface area (Å²) in [5.41, 5.74) is 13.2. The molecule has 38 nitrogen and oxygen atoms in total. The van der Waals surface area contributed by atoms with Crippen molar-refractivity contribution in [2.24, 2.45) is 11.5 Å². The maximum atomic E-state index is 14.4. The molecule has 556 valence electrons. The van der Waals surface area contributed by atoms with Gasteiger partial charge in [-0.05, 0) is 81.8 Å². The van der Waals surface area contributed by atoms with Gasteiger partial charge in [0.25, 0.3) is 0 Å². The summed E-state index contributed by atoms with van der Waals surface area (Å²) in [6.45, 7) is 0.489. The molecule has 0 saturated carbocycles. The van der Waals surface area contributed by atoms with Crippen LogP contribution in [-0.4, -0.2) is 247 Å². The maximum Gasteiger partial charge on any atom is 0.326 e. The fourth-order valence-corrected chi connectivity index (χ4v) is 10.3. The highest BCUT2D eigenvalue weighted by Gasteiger charge is 2.37. The molecule has 3 aromatic rings. The number of aromatic amines is 1. The lowest BCUT2D eigenvalue weighted by Crippen LogP contribution is -2.62. The highest BCUT2D eigenvalue weighted by atomic mass is 32.2. The second-order valence-electron chi connectivity index (χ2n) is 22.9. The van der Waals surface area contributed by atoms with Crippen molar-refractivity contribution in [3.63, 3.8) is 0 Å². The van der Waals surface area contributed by atoms with Gasteiger partial charge in [0.15, 0.2) is 0 Å². The number of carboxylic acids is 3. The number of carbonyl (C=O) groups is 16. The number of phenols is 1. The molecule has 0 fully saturated rings. The SMILES string of the molecule is CC(=O)NCSC[C@H](N)C(=O)N[C@@H](Cc1c[nH]c2ccccc12)C(=O)N[C@@H](CS)C(=O)N[C@@H](Cc1ccc(O)cc1)C(=O)N[C@@H](CCC(=O)O)C(=O)N[C@H](C(=O)N[C@@H](CCC(=O)O)C(=O)NCC(=O)N[C@H](C(=O)NCC(=O)NCC(=O)NCC(=O)N[C@@H](CCCCN)C(=O)O)[C@@H](C)O)[C@@H](C)O. The molecule has 0 unspecified atom stereocenters. The topological polar surface area (TPSA) is 619 Å². The third-order valence-electron chi connectivity index (χ3n) is 14.6. The van der Waals surface area contributed by atoms with Gasteiger partial charge in [-0.3, -0.25) is 71.9 Å². The van der Waals surface area contributed by atoms with E-state index < -0.39 is 219 Å². The van der Waals surface area contributed by atoms with Gasteiger partial charge in [-0.1, -0.05) is 30.3 Å². The Kier molecular flexibility index (Phi) is 37.1. The van der Waals surface area contributed by atoms with Crippen LogP contribution in [0, 0.1) is 0 Å². The molecule has 1 aromatic heterocycles. The van der Waals surface area contributed by atoms with E-state index in [2.05, 4.69) is 86.7 Å². The number of aliphatic hydroxyl groups is 2. The van der Waals surface area contributed by atoms with Crippen molar-refractivity contribution in [1.29, 1.82) is 0 Å². The second-order valence-corrected chi connectivity index (χ2v) is 24.3. The Balaban J connectivity index is 1.76. The van der Waals surface area contributed by atoms with E-state index in [4.69, 9.17) is 11.5 Å². The van der Waals surface area contributed by atoms with Gasteiger partial charge in [-0.25, -0.2) is 4.79 Å². The van der Waals surface area contributed by atoms with Gasteiger partial charge < -0.3 is 116 Å². The minimum atomic E-state index is -2.07. The first-order valence-electron chi connectivity index (χ1n) is 31.5. The third-order valence-corrected chi connectivity index (χ3v) is 15.9. The number of nitrogens with one attached hydrogen (secondary N) is 14. The normalized spacial score (nSPS) is 14.2. The van der Waals surface area contributed by atoms with Crippen molar-refractivity contribution in [2.75, 3.05) is 50.1 Å². The zero-order chi connectivity index (χ0) is 75.5. The molecule has 2 aromatic carbocycles. The van der Waals surface area contributed by atoms with Crippen LogP contribution >= 0.6 is 24.4 Å². The first-order valence-corrected chi connectivity index (χ1v) is 33.3. The number of aromatic nitrogens is 1. The second kappa shape index (κ2) is 44.1. The number of aromatic hydroxyl groups is 1. The number of phenolic OH excluding ortho intramolecular Hbond substituents is 1. The van der Waals surface area contributed by atoms with E-state index in [1.807, 2.05) is 0 Å². The standard InChI is InChI=1S/C61H88N16O22S2/c1-30(78)51(59(96)68-24-46(83)65-23-45(82)66-25-47(84)70-41(61(98)99)10-6-7-19-62)76-48(85)26-67-54(91)39(15-17-49(86)87)72-60(97)52(31(2)79)77-55(92)40(16-18-50(88)89)71-56(93)42(20-33-11-13-35(81)14-12-33)74-58(95)44(27-100)75-57(94)43(21-34-22-64-38-9-5-4-8-36(34)38)73-53(90)37(63)28-101-29-69-32(3)80/h4-5,8-9,11-14,22,30-31,37,39-44,51-52,64,78-79,81,100H,6-7,10,15-21,23-29,62-63H2,1-3H3,(H,65,83)(H,66,82)(H,67,91)(H,68,96)(H,69,80)(H,70,84)(H,71,93)(H,72,97)(H,73,90)(H,74,95)(H,75,94)(H,76,85)(H,77,92)(H,86,87)(H,88,89)(H,98,99)/t30-,31-,37+,39+,40+,41+,42+,43+,44+,51+,52+/m1/s1. The molecule has 13 amide bonds. The maximum absolute atomic E-state index is 14.4. The molecule has 11 atom stereocenters. The number of hydrogen-bond acceptors (Lipinski definition) is 23. The number of benzene rings is 2. The van der Waals surface area contributed by atoms with Crippen molar-refractivity contribution < 1.29 is 107 Å². The van der Waals surface area contributed by atoms with E-state index in [1.165, 1.54) is 31.2 Å². The van der Waals surface area contributed by atoms with Crippen LogP contribution < -0.4 is 80.6 Å². The Morgan fingerprint density at radius 2 is 1.00 bits per heavy atom. The lowest BCUT2D eigenvalue weighted by molar-refractivity contribution is -0.142. The summed E-state index contributed by atoms with van der Waals surface area (Å²) in [7, 11) is 0. The molecule has 24 N–H and O–H groups in total. The summed E-state index contributed by atoms with van der Waals surface area (Å²) in [6.07, 6.45) is -4.47. The van der Waals surface area contributed by atoms with Crippen LogP contribution in [0.25, 0.3) is 10.9 Å². The van der Waals surface area contributed by atoms with Crippen LogP contribution in [0.4, 0.5) is 0 Å². The largest absolute Gasteiger partial charge is 0.508 e. The fourth-order valence-electron chi connectivity index (χ4n) is 9.18. The molecule has 1 heterocycles. The van der Waals surface area contributed by atoms with Gasteiger partial charge in [0.05, 0.1) is 50.3 Å². The van der Waals surface area contributed by atoms with Crippen LogP contribution in [0.3, 0.4) is 0 Å². The molecule has 0 aliphatic rings. The van der Waals surface area contributed by atoms with Gasteiger partial charge >= 0.3 is 17.9 Å². The Hall–Kier alpha value is -10.2. The fraction of sp³-hybridized carbons (Fsp3) is 0.508. The number of carbonyl (C=O) groups excluding carboxylic acids is 13. The van der Waals surface area contributed by atoms with E-state index in [9.17, 15) is 107 Å². The number of H-pyrrole nitrogens is 1. The van der Waals surface area contributed by atoms with E-state index >= 15 is 0 Å². The minimum absolute atomic E-state index is 0.0248. The summed E-state index contributed by atoms with van der Waals surface area (Å²) in [6, 6.07) is -2.37. The van der Waals surface area contributed by atoms with E-state index in [0.29, 0.717) is 41.4 Å². The lowest BCUT2D eigenvalue weighted by atomic mass is 10.0. The van der Waals surface area contributed by atoms with Crippen LogP contribution in [0.5, 0.6) is 5.75 Å². The molecule has 101 heavy (non-hydrogen) atoms. The van der Waals surface area contributed by atoms with Gasteiger partial charge in [0.1, 0.15) is 54.1 Å². The predicted octanol–water partition coefficient (Wildman–Crippen LogP) is -7.21. The van der Waals surface area contributed by atoms with Gasteiger partial charge in [-0.15, -0.1) is 11.8 Å². The van der Waals surface area contributed by atoms with Crippen LogP contribution in [0.15, 0.2) is 54.7 Å². The molecule has 0 aliphatic heterocycles. The average molecular weight is 1460 g/mol. The first kappa shape index (κ1) is 85.1. The molecule has 40 heteroatoms. The number of thiol groups is 1. The Labute approximate surface area is 587 Å². The number of unbranched alkanes of at least 4 members (excludes halogenated alkanes) is 1. The third kappa shape index (κ3) is 31.7. The molecule has 3 rings (SSSR count). The minimum Gasteiger partial charge on any atom is -0.508 e. The van der Waals surface area contributed by atoms with E-state index in [-0.39, 0.29) is 36.1 Å². The number of amides is 13. The molecule has 0 spiro atoms. The summed E-state index contributed by atoms with van der Waals surface area (Å²) in [5, 5.41) is 90.2. The van der Waals surface area contributed by atoms with E-state index in [0.717, 1.165) is 25.6 Å². The summed E-state index contributed by atoms with van der Waals surface area (Å²) in [4.78, 5) is 211. The smallest absolute Gasteiger partial charge is 0.326 e. The summed E-state index contributed by atoms with van der Waals surface area (Å²) >= 11 is 5.42. The van der Waals surface area contributed by atoms with Crippen LogP contribution in [0.1, 0.15) is 76.8 Å². The Bertz CT molecular complexity index is 3400. The van der Waals surface area contributed by atoms with Crippen LogP contribution in [-0.2, 0) is 89.6 Å². The highest BCUT2D eigenvalue weighted by Crippen LogP contribution is 2.20. The molecule has 0 saturated heterocycles. The predicted molar refractivity (Wildman–Crippen MR) is 362 cm³/mol. The van der Waals surface area contributed by atoms with Crippen molar-refractivity contribution in [3.05, 3.63) is 65.9 Å². The van der Waals surface area contributed by atoms with Gasteiger partial charge in [0.2, 0.25) is 76.8 Å². The zero-order valence-electron chi connectivity index (χ0n) is 55.3. The number of aliphatic carboxylic acids is 3. The summed E-state index contributed by atoms with van der Waals surface area (Å²) in [5.74, 6) is -17.8. The van der Waals surface area contributed by atoms with Crippen molar-refractivity contribution >= 4 is 130 Å². The number of fused-ring (bicyclic) bond motifs is 1. The lowest BCUT2D eigenvalue weighted by Gasteiger charge is -2.28. The highest BCUT2D eigenvalue weighted by molar-refractivity contribution is 7.99. The van der Waals surface area contributed by atoms with Gasteiger partial charge in [0, 0.05) is 61.2 Å². The number of carboxylic acid groups (broad SMARTS) is 3. The molecular formula is C61H88N16O22S2. The summed E-state index contributed by atoms with van der Waals surface area (Å²) < 4.78 is 0. The number of para-hydroxylation sites is 1. The number of rotatable bonds is 46. The number of thioether (sulfide) groups is 1. The molecule has 0 radical (unpaired) electrons. The molecule has 0 bridgehead atoms. The van der Waals surface area contributed by atoms with Gasteiger partial charge in [-0.2, -0.15) is 12.6 Å². The monoisotopic (exact) mass is 1460 g/mol. The van der Waals surface area contributed by atoms with Crippen LogP contribution in [0.2, 0.25) is 0 Å². The van der Waals surface area contributed by atoms with Crippen molar-refractivity contribution in [2.45, 2.75) is 145 Å². The number of nitrogens with two attached hydrogens (primary N) is 2. The molecule has 0 aliphatic carbocycles. The number of aliphatic hydroxyl groups excluding tert-OH is 2. The quantitative estimate of drug-likeness (QED) is 0.0142. The average Bonchev–Trinajstić information content (AvgIpc) is 1.80. The van der Waals surface area contributed by atoms with E-state index in [1.54, 1.807) is 30.5 Å². The van der Waals surface area contributed by atoms with Crippen molar-refractivity contribution in [1.82, 2.24) is 74.1 Å². The first-order chi connectivity index (χ1) is 47.7.